The van der Waals surface area contributed by atoms with Crippen LogP contribution < -0.4 is 0 Å². The first-order valence-corrected chi connectivity index (χ1v) is 23.7. The monoisotopic (exact) mass is 858 g/mol. The van der Waals surface area contributed by atoms with E-state index in [0.717, 1.165) is 16.9 Å². The highest BCUT2D eigenvalue weighted by molar-refractivity contribution is 6.39. The fourth-order valence-electron chi connectivity index (χ4n) is 12.2. The minimum absolute atomic E-state index is 0.0548. The molecular weight excluding hydrogens is 813 g/mol. The van der Waals surface area contributed by atoms with Gasteiger partial charge in [0.1, 0.15) is 5.65 Å². The van der Waals surface area contributed by atoms with Crippen LogP contribution in [0, 0.1) is 0 Å². The van der Waals surface area contributed by atoms with Crippen molar-refractivity contribution >= 4 is 120 Å². The summed E-state index contributed by atoms with van der Waals surface area (Å²) in [5, 5.41) is 17.7. The van der Waals surface area contributed by atoms with E-state index in [1.807, 2.05) is 0 Å². The molecule has 0 aliphatic carbocycles. The summed E-state index contributed by atoms with van der Waals surface area (Å²) in [6.07, 6.45) is 2.18. The standard InChI is InChI=1S/C63H46N4/c1-62(2,3)38-30-45(37-25-27-52-46(28-37)43-22-14-15-23-51(43)65(52)40-18-8-7-9-19-40)58-49(32-38)54-41-20-12-11-17-36(41)29-48-56-55-50-33-39(63(4,5)6)31-47-44-26-24-35-16-10-13-21-42(35)57(44)66(59(47)50)53(55)34-64-61(56)67(58)60(48)54/h7-34H,1-6H3. The summed E-state index contributed by atoms with van der Waals surface area (Å²) in [6, 6.07) is 61.7. The smallest absolute Gasteiger partial charge is 0.146 e. The maximum absolute atomic E-state index is 5.66. The van der Waals surface area contributed by atoms with Crippen molar-refractivity contribution in [3.8, 4) is 16.8 Å². The summed E-state index contributed by atoms with van der Waals surface area (Å²) in [7, 11) is 0. The molecule has 9 aromatic carbocycles. The quantitative estimate of drug-likeness (QED) is 0.170. The number of aromatic nitrogens is 4. The number of para-hydroxylation sites is 2. The molecule has 0 saturated heterocycles. The highest BCUT2D eigenvalue weighted by Gasteiger charge is 2.30. The lowest BCUT2D eigenvalue weighted by molar-refractivity contribution is 0.591. The van der Waals surface area contributed by atoms with Crippen LogP contribution in [-0.4, -0.2) is 18.4 Å². The van der Waals surface area contributed by atoms with Gasteiger partial charge in [0.15, 0.2) is 0 Å². The summed E-state index contributed by atoms with van der Waals surface area (Å²) < 4.78 is 7.50. The van der Waals surface area contributed by atoms with E-state index in [4.69, 9.17) is 4.98 Å². The Morgan fingerprint density at radius 1 is 0.373 bits per heavy atom. The second-order valence-electron chi connectivity index (χ2n) is 21.2. The van der Waals surface area contributed by atoms with Crippen molar-refractivity contribution in [2.45, 2.75) is 52.4 Å². The molecule has 15 aromatic rings. The van der Waals surface area contributed by atoms with Crippen LogP contribution in [0.4, 0.5) is 0 Å². The van der Waals surface area contributed by atoms with Crippen LogP contribution in [0.15, 0.2) is 170 Å². The molecule has 0 aliphatic heterocycles. The summed E-state index contributed by atoms with van der Waals surface area (Å²) in [5.74, 6) is 0. The number of pyridine rings is 1. The van der Waals surface area contributed by atoms with Gasteiger partial charge in [0.05, 0.1) is 44.8 Å². The Bertz CT molecular complexity index is 4620. The number of hydrogen-bond acceptors (Lipinski definition) is 1. The SMILES string of the molecule is CC(C)(C)c1cc(-c2ccc3c(c2)c2ccccc2n3-c2ccccc2)c2c(c1)c1c3ccccc3cc3c4c5c6cc(C(C)(C)C)cc7c8ccc9ccccc9c8n(c5cnc4n2c31)c76. The zero-order valence-corrected chi connectivity index (χ0v) is 38.5. The summed E-state index contributed by atoms with van der Waals surface area (Å²) in [6.45, 7) is 14.1. The van der Waals surface area contributed by atoms with E-state index in [1.165, 1.54) is 131 Å². The largest absolute Gasteiger partial charge is 0.309 e. The molecule has 0 N–H and O–H groups in total. The first-order chi connectivity index (χ1) is 32.5. The summed E-state index contributed by atoms with van der Waals surface area (Å²) >= 11 is 0. The molecule has 15 rings (SSSR count). The lowest BCUT2D eigenvalue weighted by Gasteiger charge is -2.21. The van der Waals surface area contributed by atoms with E-state index in [0.29, 0.717) is 0 Å². The molecule has 0 unspecified atom stereocenters. The molecule has 0 fully saturated rings. The molecule has 0 bridgehead atoms. The van der Waals surface area contributed by atoms with Crippen LogP contribution in [0.1, 0.15) is 52.7 Å². The molecule has 4 nitrogen and oxygen atoms in total. The van der Waals surface area contributed by atoms with Gasteiger partial charge in [-0.15, -0.1) is 0 Å². The third-order valence-corrected chi connectivity index (χ3v) is 15.4. The summed E-state index contributed by atoms with van der Waals surface area (Å²) in [5.41, 5.74) is 15.7. The number of fused-ring (bicyclic) bond motifs is 20. The van der Waals surface area contributed by atoms with Crippen LogP contribution in [-0.2, 0) is 10.8 Å². The maximum Gasteiger partial charge on any atom is 0.146 e. The highest BCUT2D eigenvalue weighted by atomic mass is 15.0. The van der Waals surface area contributed by atoms with Crippen LogP contribution >= 0.6 is 0 Å². The maximum atomic E-state index is 5.66. The average Bonchev–Trinajstić information content (AvgIpc) is 4.13. The second-order valence-corrected chi connectivity index (χ2v) is 21.2. The molecule has 0 spiro atoms. The van der Waals surface area contributed by atoms with Gasteiger partial charge in [-0.3, -0.25) is 4.40 Å². The fraction of sp³-hybridized carbons (Fsp3) is 0.127. The molecule has 6 heterocycles. The van der Waals surface area contributed by atoms with Crippen molar-refractivity contribution in [3.63, 3.8) is 0 Å². The lowest BCUT2D eigenvalue weighted by Crippen LogP contribution is -2.11. The molecule has 6 aromatic heterocycles. The van der Waals surface area contributed by atoms with Crippen LogP contribution in [0.5, 0.6) is 0 Å². The van der Waals surface area contributed by atoms with Gasteiger partial charge in [-0.2, -0.15) is 0 Å². The van der Waals surface area contributed by atoms with Crippen molar-refractivity contribution in [1.82, 2.24) is 18.4 Å². The molecule has 0 radical (unpaired) electrons. The minimum atomic E-state index is -0.0941. The van der Waals surface area contributed by atoms with Crippen molar-refractivity contribution in [1.29, 1.82) is 0 Å². The Balaban J connectivity index is 1.15. The third kappa shape index (κ3) is 4.74. The van der Waals surface area contributed by atoms with Crippen molar-refractivity contribution in [2.24, 2.45) is 0 Å². The minimum Gasteiger partial charge on any atom is -0.309 e. The fourth-order valence-corrected chi connectivity index (χ4v) is 12.2. The van der Waals surface area contributed by atoms with E-state index >= 15 is 0 Å². The second kappa shape index (κ2) is 12.5. The van der Waals surface area contributed by atoms with Crippen molar-refractivity contribution in [2.75, 3.05) is 0 Å². The Morgan fingerprint density at radius 3 is 1.79 bits per heavy atom. The van der Waals surface area contributed by atoms with Gasteiger partial charge in [-0.05, 0) is 104 Å². The molecule has 318 valence electrons. The van der Waals surface area contributed by atoms with Crippen molar-refractivity contribution < 1.29 is 0 Å². The molecule has 0 aliphatic rings. The number of nitrogens with zero attached hydrogens (tertiary/aromatic N) is 4. The molecule has 67 heavy (non-hydrogen) atoms. The topological polar surface area (TPSA) is 26.6 Å². The Labute approximate surface area is 386 Å². The van der Waals surface area contributed by atoms with E-state index in [-0.39, 0.29) is 10.8 Å². The van der Waals surface area contributed by atoms with Gasteiger partial charge in [-0.1, -0.05) is 145 Å². The van der Waals surface area contributed by atoms with Crippen LogP contribution in [0.3, 0.4) is 0 Å². The van der Waals surface area contributed by atoms with Gasteiger partial charge in [-0.25, -0.2) is 4.98 Å². The van der Waals surface area contributed by atoms with E-state index < -0.39 is 0 Å². The molecule has 4 heteroatoms. The molecule has 0 atom stereocenters. The predicted molar refractivity (Wildman–Crippen MR) is 286 cm³/mol. The Kier molecular flexibility index (Phi) is 6.94. The van der Waals surface area contributed by atoms with Crippen LogP contribution in [0.2, 0.25) is 0 Å². The zero-order valence-electron chi connectivity index (χ0n) is 38.5. The Hall–Kier alpha value is -7.95. The number of rotatable bonds is 2. The normalized spacial score (nSPS) is 13.2. The van der Waals surface area contributed by atoms with E-state index in [2.05, 4.69) is 225 Å². The van der Waals surface area contributed by atoms with Gasteiger partial charge in [0.2, 0.25) is 0 Å². The Morgan fingerprint density at radius 2 is 1.00 bits per heavy atom. The van der Waals surface area contributed by atoms with Crippen molar-refractivity contribution in [3.05, 3.63) is 181 Å². The molecule has 0 saturated carbocycles. The molecular formula is C63H46N4. The zero-order chi connectivity index (χ0) is 44.8. The first-order valence-electron chi connectivity index (χ1n) is 23.7. The van der Waals surface area contributed by atoms with E-state index in [1.54, 1.807) is 0 Å². The average molecular weight is 859 g/mol. The number of benzene rings is 9. The lowest BCUT2D eigenvalue weighted by atomic mass is 9.83. The number of hydrogen-bond donors (Lipinski definition) is 0. The highest BCUT2D eigenvalue weighted by Crippen LogP contribution is 2.51. The van der Waals surface area contributed by atoms with Gasteiger partial charge >= 0.3 is 0 Å². The molecule has 0 amide bonds. The van der Waals surface area contributed by atoms with Gasteiger partial charge in [0.25, 0.3) is 0 Å². The summed E-state index contributed by atoms with van der Waals surface area (Å²) in [4.78, 5) is 5.66. The van der Waals surface area contributed by atoms with E-state index in [9.17, 15) is 0 Å². The first kappa shape index (κ1) is 37.3. The van der Waals surface area contributed by atoms with Gasteiger partial charge in [0, 0.05) is 70.5 Å². The third-order valence-electron chi connectivity index (χ3n) is 15.4. The predicted octanol–water partition coefficient (Wildman–Crippen LogP) is 17.0. The van der Waals surface area contributed by atoms with Crippen LogP contribution in [0.25, 0.3) is 136 Å². The van der Waals surface area contributed by atoms with Gasteiger partial charge < -0.3 is 8.97 Å².